The van der Waals surface area contributed by atoms with E-state index in [2.05, 4.69) is 4.72 Å². The van der Waals surface area contributed by atoms with E-state index in [1.54, 1.807) is 12.1 Å². The number of hydrogen-bond donors (Lipinski definition) is 2. The standard InChI is InChI=1S/C13H18F3N3O2S/c14-13(15,16)9-19-7-5-10(6-8-19)18-22(20,21)12-4-2-1-3-11(12)17/h1-4,10,18H,5-9,17H2. The molecule has 1 aromatic rings. The van der Waals surface area contributed by atoms with Gasteiger partial charge in [-0.05, 0) is 38.1 Å². The number of rotatable bonds is 4. The van der Waals surface area contributed by atoms with Crippen LogP contribution < -0.4 is 10.5 Å². The Labute approximate surface area is 127 Å². The number of sulfonamides is 1. The molecule has 3 N–H and O–H groups in total. The number of nitrogen functional groups attached to an aromatic ring is 1. The molecule has 2 rings (SSSR count). The maximum absolute atomic E-state index is 12.3. The van der Waals surface area contributed by atoms with E-state index in [0.717, 1.165) is 0 Å². The molecule has 0 spiro atoms. The van der Waals surface area contributed by atoms with Crippen molar-refractivity contribution >= 4 is 15.7 Å². The lowest BCUT2D eigenvalue weighted by Crippen LogP contribution is -2.47. The summed E-state index contributed by atoms with van der Waals surface area (Å²) in [5.74, 6) is 0. The highest BCUT2D eigenvalue weighted by molar-refractivity contribution is 7.89. The van der Waals surface area contributed by atoms with Gasteiger partial charge >= 0.3 is 6.18 Å². The Bertz CT molecular complexity index is 611. The SMILES string of the molecule is Nc1ccccc1S(=O)(=O)NC1CCN(CC(F)(F)F)CC1. The zero-order valence-electron chi connectivity index (χ0n) is 11.8. The Kier molecular flexibility index (Phi) is 4.98. The Morgan fingerprint density at radius 1 is 1.23 bits per heavy atom. The van der Waals surface area contributed by atoms with Crippen molar-refractivity contribution in [3.8, 4) is 0 Å². The van der Waals surface area contributed by atoms with Crippen molar-refractivity contribution in [1.82, 2.24) is 9.62 Å². The van der Waals surface area contributed by atoms with Crippen molar-refractivity contribution in [3.05, 3.63) is 24.3 Å². The summed E-state index contributed by atoms with van der Waals surface area (Å²) >= 11 is 0. The van der Waals surface area contributed by atoms with Gasteiger partial charge in [0.1, 0.15) is 4.90 Å². The molecule has 1 fully saturated rings. The highest BCUT2D eigenvalue weighted by atomic mass is 32.2. The third-order valence-corrected chi connectivity index (χ3v) is 5.12. The first-order chi connectivity index (χ1) is 10.2. The zero-order chi connectivity index (χ0) is 16.4. The van der Waals surface area contributed by atoms with Crippen LogP contribution in [-0.2, 0) is 10.0 Å². The highest BCUT2D eigenvalue weighted by Gasteiger charge is 2.33. The van der Waals surface area contributed by atoms with E-state index in [1.807, 2.05) is 0 Å². The molecule has 9 heteroatoms. The third-order valence-electron chi connectivity index (χ3n) is 3.52. The van der Waals surface area contributed by atoms with Gasteiger partial charge in [-0.25, -0.2) is 13.1 Å². The van der Waals surface area contributed by atoms with E-state index >= 15 is 0 Å². The second kappa shape index (κ2) is 6.43. The van der Waals surface area contributed by atoms with E-state index in [-0.39, 0.29) is 29.7 Å². The summed E-state index contributed by atoms with van der Waals surface area (Å²) in [6.45, 7) is -0.550. The second-order valence-electron chi connectivity index (χ2n) is 5.32. The van der Waals surface area contributed by atoms with Crippen molar-refractivity contribution in [3.63, 3.8) is 0 Å². The predicted molar refractivity (Wildman–Crippen MR) is 76.7 cm³/mol. The number of halogens is 3. The topological polar surface area (TPSA) is 75.4 Å². The third kappa shape index (κ3) is 4.59. The fourth-order valence-corrected chi connectivity index (χ4v) is 3.91. The van der Waals surface area contributed by atoms with Gasteiger partial charge in [-0.2, -0.15) is 13.2 Å². The van der Waals surface area contributed by atoms with Gasteiger partial charge in [0.15, 0.2) is 0 Å². The molecule has 0 unspecified atom stereocenters. The lowest BCUT2D eigenvalue weighted by atomic mass is 10.1. The van der Waals surface area contributed by atoms with Crippen LogP contribution in [0.1, 0.15) is 12.8 Å². The summed E-state index contributed by atoms with van der Waals surface area (Å²) in [5.41, 5.74) is 5.79. The van der Waals surface area contributed by atoms with Gasteiger partial charge in [0, 0.05) is 6.04 Å². The smallest absolute Gasteiger partial charge is 0.398 e. The van der Waals surface area contributed by atoms with Crippen LogP contribution in [0.4, 0.5) is 18.9 Å². The van der Waals surface area contributed by atoms with Crippen molar-refractivity contribution < 1.29 is 21.6 Å². The molecular formula is C13H18F3N3O2S. The van der Waals surface area contributed by atoms with Gasteiger partial charge in [0.2, 0.25) is 10.0 Å². The first-order valence-electron chi connectivity index (χ1n) is 6.83. The number of likely N-dealkylation sites (tertiary alicyclic amines) is 1. The molecule has 0 atom stereocenters. The molecule has 0 aromatic heterocycles. The molecule has 124 valence electrons. The van der Waals surface area contributed by atoms with Crippen LogP contribution in [0, 0.1) is 0 Å². The fourth-order valence-electron chi connectivity index (χ4n) is 2.47. The number of nitrogens with zero attached hydrogens (tertiary/aromatic N) is 1. The lowest BCUT2D eigenvalue weighted by Gasteiger charge is -2.32. The van der Waals surface area contributed by atoms with E-state index in [9.17, 15) is 21.6 Å². The summed E-state index contributed by atoms with van der Waals surface area (Å²) < 4.78 is 63.9. The van der Waals surface area contributed by atoms with Gasteiger partial charge in [-0.15, -0.1) is 0 Å². The molecule has 0 amide bonds. The number of nitrogens with two attached hydrogens (primary N) is 1. The maximum Gasteiger partial charge on any atom is 0.401 e. The van der Waals surface area contributed by atoms with E-state index in [1.165, 1.54) is 17.0 Å². The molecule has 1 aromatic carbocycles. The van der Waals surface area contributed by atoms with Gasteiger partial charge in [0.25, 0.3) is 0 Å². The number of anilines is 1. The molecule has 1 aliphatic heterocycles. The maximum atomic E-state index is 12.3. The Hall–Kier alpha value is -1.32. The largest absolute Gasteiger partial charge is 0.401 e. The van der Waals surface area contributed by atoms with Crippen LogP contribution in [0.15, 0.2) is 29.2 Å². The van der Waals surface area contributed by atoms with Crippen LogP contribution in [0.2, 0.25) is 0 Å². The Balaban J connectivity index is 1.95. The number of alkyl halides is 3. The van der Waals surface area contributed by atoms with Crippen molar-refractivity contribution in [2.45, 2.75) is 30.0 Å². The number of hydrogen-bond acceptors (Lipinski definition) is 4. The minimum absolute atomic E-state index is 0.00674. The molecular weight excluding hydrogens is 319 g/mol. The van der Waals surface area contributed by atoms with Crippen LogP contribution in [0.3, 0.4) is 0 Å². The molecule has 1 heterocycles. The molecule has 1 saturated heterocycles. The summed E-state index contributed by atoms with van der Waals surface area (Å²) in [5, 5.41) is 0. The first-order valence-corrected chi connectivity index (χ1v) is 8.32. The summed E-state index contributed by atoms with van der Waals surface area (Å²) in [6.07, 6.45) is -3.56. The van der Waals surface area contributed by atoms with Crippen LogP contribution >= 0.6 is 0 Å². The van der Waals surface area contributed by atoms with Gasteiger partial charge < -0.3 is 5.73 Å². The van der Waals surface area contributed by atoms with E-state index < -0.39 is 22.7 Å². The van der Waals surface area contributed by atoms with E-state index in [0.29, 0.717) is 12.8 Å². The average molecular weight is 337 g/mol. The van der Waals surface area contributed by atoms with E-state index in [4.69, 9.17) is 5.73 Å². The minimum atomic E-state index is -4.23. The predicted octanol–water partition coefficient (Wildman–Crippen LogP) is 1.57. The average Bonchev–Trinajstić information content (AvgIpc) is 2.39. The fraction of sp³-hybridized carbons (Fsp3) is 0.538. The number of benzene rings is 1. The molecule has 0 aliphatic carbocycles. The summed E-state index contributed by atoms with van der Waals surface area (Å²) in [4.78, 5) is 1.27. The van der Waals surface area contributed by atoms with Crippen LogP contribution in [0.25, 0.3) is 0 Å². The lowest BCUT2D eigenvalue weighted by molar-refractivity contribution is -0.148. The van der Waals surface area contributed by atoms with Gasteiger partial charge in [-0.3, -0.25) is 4.90 Å². The first kappa shape index (κ1) is 17.0. The minimum Gasteiger partial charge on any atom is -0.398 e. The molecule has 0 radical (unpaired) electrons. The molecule has 22 heavy (non-hydrogen) atoms. The number of para-hydroxylation sites is 1. The molecule has 5 nitrogen and oxygen atoms in total. The molecule has 0 bridgehead atoms. The monoisotopic (exact) mass is 337 g/mol. The zero-order valence-corrected chi connectivity index (χ0v) is 12.6. The second-order valence-corrected chi connectivity index (χ2v) is 7.01. The van der Waals surface area contributed by atoms with Crippen molar-refractivity contribution in [1.29, 1.82) is 0 Å². The molecule has 1 aliphatic rings. The Morgan fingerprint density at radius 2 is 1.82 bits per heavy atom. The normalized spacial score (nSPS) is 18.5. The van der Waals surface area contributed by atoms with Crippen LogP contribution in [0.5, 0.6) is 0 Å². The highest BCUT2D eigenvalue weighted by Crippen LogP contribution is 2.22. The van der Waals surface area contributed by atoms with Crippen molar-refractivity contribution in [2.24, 2.45) is 0 Å². The Morgan fingerprint density at radius 3 is 2.36 bits per heavy atom. The number of piperidine rings is 1. The van der Waals surface area contributed by atoms with Gasteiger partial charge in [-0.1, -0.05) is 12.1 Å². The van der Waals surface area contributed by atoms with Crippen LogP contribution in [-0.4, -0.2) is 45.2 Å². The van der Waals surface area contributed by atoms with Gasteiger partial charge in [0.05, 0.1) is 12.2 Å². The summed E-state index contributed by atoms with van der Waals surface area (Å²) in [7, 11) is -3.76. The number of nitrogens with one attached hydrogen (secondary N) is 1. The molecule has 0 saturated carbocycles. The quantitative estimate of drug-likeness (QED) is 0.818. The van der Waals surface area contributed by atoms with Crippen molar-refractivity contribution in [2.75, 3.05) is 25.4 Å². The summed E-state index contributed by atoms with van der Waals surface area (Å²) in [6, 6.07) is 5.70.